The molecule has 90 valence electrons. The zero-order chi connectivity index (χ0) is 11.3. The second-order valence-corrected chi connectivity index (χ2v) is 6.23. The summed E-state index contributed by atoms with van der Waals surface area (Å²) in [5.74, 6) is 0.101. The highest BCUT2D eigenvalue weighted by molar-refractivity contribution is 7.89. The van der Waals surface area contributed by atoms with E-state index in [9.17, 15) is 8.42 Å². The zero-order valence-electron chi connectivity index (χ0n) is 9.48. The highest BCUT2D eigenvalue weighted by Gasteiger charge is 2.17. The minimum atomic E-state index is -3.28. The largest absolute Gasteiger partial charge is 0.303 e. The summed E-state index contributed by atoms with van der Waals surface area (Å²) < 4.78 is 21.5. The molecular formula is C10H22N2O2S. The first kappa shape index (κ1) is 12.9. The van der Waals surface area contributed by atoms with Crippen LogP contribution in [0.15, 0.2) is 0 Å². The van der Waals surface area contributed by atoms with Gasteiger partial charge in [0.2, 0.25) is 10.0 Å². The van der Waals surface area contributed by atoms with Crippen molar-refractivity contribution in [2.24, 2.45) is 5.14 Å². The van der Waals surface area contributed by atoms with Crippen LogP contribution in [0.3, 0.4) is 0 Å². The van der Waals surface area contributed by atoms with Crippen LogP contribution in [-0.4, -0.2) is 38.7 Å². The van der Waals surface area contributed by atoms with Crippen LogP contribution in [0.25, 0.3) is 0 Å². The summed E-state index contributed by atoms with van der Waals surface area (Å²) in [6.45, 7) is 0.834. The number of primary sulfonamides is 1. The van der Waals surface area contributed by atoms with Gasteiger partial charge in [0.1, 0.15) is 0 Å². The van der Waals surface area contributed by atoms with E-state index in [1.165, 1.54) is 32.1 Å². The second kappa shape index (κ2) is 5.82. The molecule has 0 amide bonds. The summed E-state index contributed by atoms with van der Waals surface area (Å²) in [5.41, 5.74) is 0. The fraction of sp³-hybridized carbons (Fsp3) is 1.00. The Kier molecular flexibility index (Phi) is 5.02. The van der Waals surface area contributed by atoms with Gasteiger partial charge in [-0.05, 0) is 32.9 Å². The normalized spacial score (nSPS) is 19.7. The Bertz CT molecular complexity index is 271. The summed E-state index contributed by atoms with van der Waals surface area (Å²) in [7, 11) is -1.19. The standard InChI is InChI=1S/C10H22N2O2S/c1-12(8-5-9-15(11,13)14)10-6-3-2-4-7-10/h10H,2-9H2,1H3,(H2,11,13,14). The van der Waals surface area contributed by atoms with Gasteiger partial charge in [0.25, 0.3) is 0 Å². The van der Waals surface area contributed by atoms with Crippen molar-refractivity contribution in [3.8, 4) is 0 Å². The third-order valence-electron chi connectivity index (χ3n) is 3.14. The van der Waals surface area contributed by atoms with Crippen molar-refractivity contribution >= 4 is 10.0 Å². The van der Waals surface area contributed by atoms with Crippen molar-refractivity contribution in [3.63, 3.8) is 0 Å². The molecule has 0 bridgehead atoms. The molecule has 0 aromatic carbocycles. The molecule has 15 heavy (non-hydrogen) atoms. The minimum absolute atomic E-state index is 0.101. The van der Waals surface area contributed by atoms with Crippen LogP contribution in [0.1, 0.15) is 38.5 Å². The topological polar surface area (TPSA) is 63.4 Å². The van der Waals surface area contributed by atoms with E-state index in [4.69, 9.17) is 5.14 Å². The van der Waals surface area contributed by atoms with Crippen LogP contribution in [0.4, 0.5) is 0 Å². The molecule has 0 saturated heterocycles. The predicted molar refractivity (Wildman–Crippen MR) is 62.1 cm³/mol. The van der Waals surface area contributed by atoms with Gasteiger partial charge >= 0.3 is 0 Å². The van der Waals surface area contributed by atoms with E-state index in [1.807, 2.05) is 0 Å². The van der Waals surface area contributed by atoms with Crippen molar-refractivity contribution in [1.82, 2.24) is 4.90 Å². The molecule has 1 aliphatic carbocycles. The maximum atomic E-state index is 10.7. The molecule has 0 aromatic heterocycles. The third kappa shape index (κ3) is 5.49. The summed E-state index contributed by atoms with van der Waals surface area (Å²) in [4.78, 5) is 2.28. The zero-order valence-corrected chi connectivity index (χ0v) is 10.3. The lowest BCUT2D eigenvalue weighted by Crippen LogP contribution is -2.35. The first-order valence-electron chi connectivity index (χ1n) is 5.70. The van der Waals surface area contributed by atoms with Gasteiger partial charge in [0.05, 0.1) is 5.75 Å². The monoisotopic (exact) mass is 234 g/mol. The molecule has 1 rings (SSSR count). The third-order valence-corrected chi connectivity index (χ3v) is 4.00. The highest BCUT2D eigenvalue weighted by atomic mass is 32.2. The lowest BCUT2D eigenvalue weighted by Gasteiger charge is -2.31. The molecule has 0 unspecified atom stereocenters. The minimum Gasteiger partial charge on any atom is -0.303 e. The molecular weight excluding hydrogens is 212 g/mol. The maximum absolute atomic E-state index is 10.7. The van der Waals surface area contributed by atoms with Crippen LogP contribution in [-0.2, 0) is 10.0 Å². The van der Waals surface area contributed by atoms with Crippen LogP contribution in [0.5, 0.6) is 0 Å². The Balaban J connectivity index is 2.20. The molecule has 2 N–H and O–H groups in total. The van der Waals surface area contributed by atoms with Gasteiger partial charge in [0, 0.05) is 6.04 Å². The average molecular weight is 234 g/mol. The number of nitrogens with two attached hydrogens (primary N) is 1. The van der Waals surface area contributed by atoms with E-state index in [0.29, 0.717) is 12.5 Å². The number of nitrogens with zero attached hydrogens (tertiary/aromatic N) is 1. The molecule has 1 aliphatic rings. The van der Waals surface area contributed by atoms with Gasteiger partial charge in [-0.15, -0.1) is 0 Å². The molecule has 0 atom stereocenters. The Morgan fingerprint density at radius 2 is 1.87 bits per heavy atom. The fourth-order valence-corrected chi connectivity index (χ4v) is 2.75. The van der Waals surface area contributed by atoms with Gasteiger partial charge in [-0.25, -0.2) is 13.6 Å². The first-order valence-corrected chi connectivity index (χ1v) is 7.41. The molecule has 0 aromatic rings. The smallest absolute Gasteiger partial charge is 0.209 e. The number of hydrogen-bond donors (Lipinski definition) is 1. The fourth-order valence-electron chi connectivity index (χ4n) is 2.22. The molecule has 5 heteroatoms. The molecule has 1 saturated carbocycles. The van der Waals surface area contributed by atoms with Gasteiger partial charge < -0.3 is 4.90 Å². The van der Waals surface area contributed by atoms with E-state index in [-0.39, 0.29) is 5.75 Å². The second-order valence-electron chi connectivity index (χ2n) is 4.49. The van der Waals surface area contributed by atoms with E-state index in [2.05, 4.69) is 11.9 Å². The molecule has 4 nitrogen and oxygen atoms in total. The quantitative estimate of drug-likeness (QED) is 0.769. The lowest BCUT2D eigenvalue weighted by molar-refractivity contribution is 0.192. The van der Waals surface area contributed by atoms with E-state index in [1.54, 1.807) is 0 Å². The van der Waals surface area contributed by atoms with E-state index >= 15 is 0 Å². The van der Waals surface area contributed by atoms with Crippen molar-refractivity contribution in [2.45, 2.75) is 44.6 Å². The maximum Gasteiger partial charge on any atom is 0.209 e. The summed E-state index contributed by atoms with van der Waals surface area (Å²) in [5, 5.41) is 4.95. The van der Waals surface area contributed by atoms with E-state index in [0.717, 1.165) is 6.54 Å². The summed E-state index contributed by atoms with van der Waals surface area (Å²) >= 11 is 0. The van der Waals surface area contributed by atoms with Gasteiger partial charge in [0.15, 0.2) is 0 Å². The molecule has 0 radical (unpaired) electrons. The molecule has 1 fully saturated rings. The molecule has 0 aliphatic heterocycles. The van der Waals surface area contributed by atoms with Crippen LogP contribution in [0.2, 0.25) is 0 Å². The summed E-state index contributed by atoms with van der Waals surface area (Å²) in [6, 6.07) is 0.652. The number of hydrogen-bond acceptors (Lipinski definition) is 3. The molecule has 0 heterocycles. The van der Waals surface area contributed by atoms with Crippen molar-refractivity contribution < 1.29 is 8.42 Å². The van der Waals surface area contributed by atoms with Crippen LogP contribution < -0.4 is 5.14 Å². The van der Waals surface area contributed by atoms with Crippen molar-refractivity contribution in [2.75, 3.05) is 19.3 Å². The van der Waals surface area contributed by atoms with Crippen LogP contribution in [0, 0.1) is 0 Å². The Hall–Kier alpha value is -0.130. The lowest BCUT2D eigenvalue weighted by atomic mass is 9.94. The van der Waals surface area contributed by atoms with Crippen LogP contribution >= 0.6 is 0 Å². The van der Waals surface area contributed by atoms with E-state index < -0.39 is 10.0 Å². The van der Waals surface area contributed by atoms with Gasteiger partial charge in [-0.3, -0.25) is 0 Å². The average Bonchev–Trinajstić information content (AvgIpc) is 2.17. The SMILES string of the molecule is CN(CCCS(N)(=O)=O)C1CCCCC1. The Labute approximate surface area is 92.9 Å². The Morgan fingerprint density at radius 1 is 1.27 bits per heavy atom. The highest BCUT2D eigenvalue weighted by Crippen LogP contribution is 2.21. The summed E-state index contributed by atoms with van der Waals surface area (Å²) in [6.07, 6.45) is 7.12. The van der Waals surface area contributed by atoms with Gasteiger partial charge in [-0.1, -0.05) is 19.3 Å². The first-order chi connectivity index (χ1) is 6.99. The molecule has 0 spiro atoms. The van der Waals surface area contributed by atoms with Crippen molar-refractivity contribution in [1.29, 1.82) is 0 Å². The Morgan fingerprint density at radius 3 is 2.40 bits per heavy atom. The van der Waals surface area contributed by atoms with Gasteiger partial charge in [-0.2, -0.15) is 0 Å². The predicted octanol–water partition coefficient (Wildman–Crippen LogP) is 0.929. The van der Waals surface area contributed by atoms with Crippen molar-refractivity contribution in [3.05, 3.63) is 0 Å². The number of rotatable bonds is 5. The number of sulfonamides is 1.